The summed E-state index contributed by atoms with van der Waals surface area (Å²) in [6.07, 6.45) is 0. The Bertz CT molecular complexity index is 593. The molecule has 1 atom stereocenters. The summed E-state index contributed by atoms with van der Waals surface area (Å²) in [5, 5.41) is 11.5. The molecule has 1 heterocycles. The number of hydrogen-bond donors (Lipinski definition) is 0. The van der Waals surface area contributed by atoms with Gasteiger partial charge in [-0.3, -0.25) is 4.79 Å². The van der Waals surface area contributed by atoms with Crippen LogP contribution in [0, 0.1) is 18.3 Å². The summed E-state index contributed by atoms with van der Waals surface area (Å²) in [4.78, 5) is 13.1. The van der Waals surface area contributed by atoms with Gasteiger partial charge in [0.2, 0.25) is 0 Å². The third-order valence-corrected chi connectivity index (χ3v) is 3.70. The van der Waals surface area contributed by atoms with Gasteiger partial charge in [0, 0.05) is 15.5 Å². The molecule has 0 aliphatic rings. The van der Waals surface area contributed by atoms with Gasteiger partial charge in [-0.15, -0.1) is 11.3 Å². The number of Topliss-reactive ketones (excluding diaryl/α,β-unsaturated/α-hetero) is 1. The Morgan fingerprint density at radius 2 is 2.22 bits per heavy atom. The van der Waals surface area contributed by atoms with E-state index in [9.17, 15) is 10.1 Å². The van der Waals surface area contributed by atoms with Gasteiger partial charge in [0.25, 0.3) is 0 Å². The summed E-state index contributed by atoms with van der Waals surface area (Å²) in [5.74, 6) is -0.951. The van der Waals surface area contributed by atoms with Gasteiger partial charge in [-0.05, 0) is 42.1 Å². The van der Waals surface area contributed by atoms with Crippen molar-refractivity contribution in [3.05, 3.63) is 56.7 Å². The van der Waals surface area contributed by atoms with Crippen LogP contribution < -0.4 is 0 Å². The van der Waals surface area contributed by atoms with Crippen molar-refractivity contribution in [3.63, 3.8) is 0 Å². The van der Waals surface area contributed by atoms with Gasteiger partial charge >= 0.3 is 0 Å². The fourth-order valence-electron chi connectivity index (χ4n) is 1.75. The Morgan fingerprint density at radius 1 is 1.44 bits per heavy atom. The molecule has 0 amide bonds. The number of halogens is 1. The number of nitrogens with zero attached hydrogens (tertiary/aromatic N) is 1. The van der Waals surface area contributed by atoms with E-state index in [1.807, 2.05) is 18.4 Å². The van der Waals surface area contributed by atoms with E-state index in [1.54, 1.807) is 24.3 Å². The Hall–Kier alpha value is -1.63. The highest BCUT2D eigenvalue weighted by atomic mass is 35.5. The summed E-state index contributed by atoms with van der Waals surface area (Å²) in [6.45, 7) is 1.87. The highest BCUT2D eigenvalue weighted by Gasteiger charge is 2.22. The molecule has 0 radical (unpaired) electrons. The Morgan fingerprint density at radius 3 is 2.78 bits per heavy atom. The zero-order valence-electron chi connectivity index (χ0n) is 9.68. The highest BCUT2D eigenvalue weighted by molar-refractivity contribution is 7.10. The quantitative estimate of drug-likeness (QED) is 0.788. The SMILES string of the molecule is Cc1cc(Cl)cc(C(=O)C(C#N)c2cccs2)c1. The lowest BCUT2D eigenvalue weighted by molar-refractivity contribution is 0.0980. The first-order valence-corrected chi connectivity index (χ1v) is 6.62. The average Bonchev–Trinajstić information content (AvgIpc) is 2.82. The maximum absolute atomic E-state index is 12.3. The summed E-state index contributed by atoms with van der Waals surface area (Å²) in [7, 11) is 0. The predicted octanol–water partition coefficient (Wildman–Crippen LogP) is 4.20. The molecule has 0 saturated heterocycles. The number of hydrogen-bond acceptors (Lipinski definition) is 3. The molecule has 2 rings (SSSR count). The van der Waals surface area contributed by atoms with Crippen LogP contribution in [-0.2, 0) is 0 Å². The summed E-state index contributed by atoms with van der Waals surface area (Å²) in [6, 6.07) is 10.8. The molecule has 1 aromatic carbocycles. The normalized spacial score (nSPS) is 11.8. The van der Waals surface area contributed by atoms with Gasteiger partial charge in [-0.25, -0.2) is 0 Å². The maximum Gasteiger partial charge on any atom is 0.185 e. The number of thiophene rings is 1. The van der Waals surface area contributed by atoms with Crippen molar-refractivity contribution in [1.29, 1.82) is 5.26 Å². The van der Waals surface area contributed by atoms with E-state index in [-0.39, 0.29) is 5.78 Å². The molecule has 0 fully saturated rings. The molecule has 90 valence electrons. The molecule has 0 aliphatic carbocycles. The third kappa shape index (κ3) is 2.61. The van der Waals surface area contributed by atoms with Gasteiger partial charge in [0.15, 0.2) is 5.78 Å². The van der Waals surface area contributed by atoms with Crippen LogP contribution >= 0.6 is 22.9 Å². The van der Waals surface area contributed by atoms with Gasteiger partial charge in [0.1, 0.15) is 5.92 Å². The van der Waals surface area contributed by atoms with Gasteiger partial charge < -0.3 is 0 Å². The van der Waals surface area contributed by atoms with Crippen LogP contribution in [0.2, 0.25) is 5.02 Å². The maximum atomic E-state index is 12.3. The fourth-order valence-corrected chi connectivity index (χ4v) is 2.81. The van der Waals surface area contributed by atoms with Crippen molar-refractivity contribution < 1.29 is 4.79 Å². The summed E-state index contributed by atoms with van der Waals surface area (Å²) in [5.41, 5.74) is 1.40. The minimum absolute atomic E-state index is 0.203. The first-order valence-electron chi connectivity index (χ1n) is 5.36. The standard InChI is InChI=1S/C14H10ClNOS/c1-9-5-10(7-11(15)6-9)14(17)12(8-16)13-3-2-4-18-13/h2-7,12H,1H3. The molecule has 0 spiro atoms. The average molecular weight is 276 g/mol. The lowest BCUT2D eigenvalue weighted by Gasteiger charge is -2.07. The molecule has 0 bridgehead atoms. The van der Waals surface area contributed by atoms with Crippen LogP contribution in [0.25, 0.3) is 0 Å². The van der Waals surface area contributed by atoms with Crippen molar-refractivity contribution in [3.8, 4) is 6.07 Å². The molecule has 18 heavy (non-hydrogen) atoms. The number of carbonyl (C=O) groups excluding carboxylic acids is 1. The van der Waals surface area contributed by atoms with E-state index in [0.29, 0.717) is 10.6 Å². The van der Waals surface area contributed by atoms with E-state index < -0.39 is 5.92 Å². The number of benzene rings is 1. The number of rotatable bonds is 3. The van der Waals surface area contributed by atoms with E-state index >= 15 is 0 Å². The van der Waals surface area contributed by atoms with Crippen LogP contribution in [0.5, 0.6) is 0 Å². The van der Waals surface area contributed by atoms with Gasteiger partial charge in [-0.2, -0.15) is 5.26 Å². The van der Waals surface area contributed by atoms with Crippen LogP contribution in [0.4, 0.5) is 0 Å². The van der Waals surface area contributed by atoms with Gasteiger partial charge in [-0.1, -0.05) is 17.7 Å². The number of nitriles is 1. The van der Waals surface area contributed by atoms with Crippen LogP contribution in [0.3, 0.4) is 0 Å². The van der Waals surface area contributed by atoms with E-state index in [1.165, 1.54) is 11.3 Å². The fraction of sp³-hybridized carbons (Fsp3) is 0.143. The van der Waals surface area contributed by atoms with Crippen LogP contribution in [-0.4, -0.2) is 5.78 Å². The second-order valence-electron chi connectivity index (χ2n) is 3.96. The molecule has 2 aromatic rings. The number of ketones is 1. The predicted molar refractivity (Wildman–Crippen MR) is 73.2 cm³/mol. The van der Waals surface area contributed by atoms with Crippen molar-refractivity contribution in [2.75, 3.05) is 0 Å². The van der Waals surface area contributed by atoms with Crippen molar-refractivity contribution in [2.24, 2.45) is 0 Å². The number of aryl methyl sites for hydroxylation is 1. The second-order valence-corrected chi connectivity index (χ2v) is 5.37. The lowest BCUT2D eigenvalue weighted by atomic mass is 9.96. The largest absolute Gasteiger partial charge is 0.292 e. The molecule has 0 N–H and O–H groups in total. The first kappa shape index (κ1) is 12.8. The number of carbonyl (C=O) groups is 1. The molecule has 1 aromatic heterocycles. The Balaban J connectivity index is 2.39. The van der Waals surface area contributed by atoms with Gasteiger partial charge in [0.05, 0.1) is 6.07 Å². The monoisotopic (exact) mass is 275 g/mol. The van der Waals surface area contributed by atoms with E-state index in [0.717, 1.165) is 10.4 Å². The molecule has 4 heteroatoms. The molecule has 0 saturated carbocycles. The molecular weight excluding hydrogens is 266 g/mol. The summed E-state index contributed by atoms with van der Waals surface area (Å²) < 4.78 is 0. The van der Waals surface area contributed by atoms with Crippen LogP contribution in [0.1, 0.15) is 26.7 Å². The molecule has 1 unspecified atom stereocenters. The third-order valence-electron chi connectivity index (χ3n) is 2.55. The Labute approximate surface area is 114 Å². The molecule has 0 aliphatic heterocycles. The lowest BCUT2D eigenvalue weighted by Crippen LogP contribution is -2.10. The highest BCUT2D eigenvalue weighted by Crippen LogP contribution is 2.26. The van der Waals surface area contributed by atoms with E-state index in [4.69, 9.17) is 11.6 Å². The topological polar surface area (TPSA) is 40.9 Å². The van der Waals surface area contributed by atoms with Crippen molar-refractivity contribution in [1.82, 2.24) is 0 Å². The molecular formula is C14H10ClNOS. The minimum Gasteiger partial charge on any atom is -0.292 e. The molecule has 2 nitrogen and oxygen atoms in total. The Kier molecular flexibility index (Phi) is 3.81. The summed E-state index contributed by atoms with van der Waals surface area (Å²) >= 11 is 7.35. The first-order chi connectivity index (χ1) is 8.61. The van der Waals surface area contributed by atoms with Crippen LogP contribution in [0.15, 0.2) is 35.7 Å². The smallest absolute Gasteiger partial charge is 0.185 e. The van der Waals surface area contributed by atoms with Crippen molar-refractivity contribution in [2.45, 2.75) is 12.8 Å². The minimum atomic E-state index is -0.747. The second kappa shape index (κ2) is 5.34. The van der Waals surface area contributed by atoms with Crippen molar-refractivity contribution >= 4 is 28.7 Å². The zero-order valence-corrected chi connectivity index (χ0v) is 11.3. The van der Waals surface area contributed by atoms with E-state index in [2.05, 4.69) is 6.07 Å². The zero-order chi connectivity index (χ0) is 13.1.